The Bertz CT molecular complexity index is 991. The fourth-order valence-corrected chi connectivity index (χ4v) is 2.75. The van der Waals surface area contributed by atoms with E-state index in [2.05, 4.69) is 30.8 Å². The van der Waals surface area contributed by atoms with Crippen molar-refractivity contribution in [1.29, 1.82) is 0 Å². The van der Waals surface area contributed by atoms with Crippen molar-refractivity contribution in [1.82, 2.24) is 20.2 Å². The molecular weight excluding hydrogens is 324 g/mol. The monoisotopic (exact) mass is 342 g/mol. The molecule has 1 aromatic carbocycles. The molecule has 0 saturated carbocycles. The molecule has 3 heterocycles. The summed E-state index contributed by atoms with van der Waals surface area (Å²) in [5.74, 6) is 2.89. The Labute approximate surface area is 151 Å². The average Bonchev–Trinajstić information content (AvgIpc) is 2.67. The van der Waals surface area contributed by atoms with E-state index in [-0.39, 0.29) is 0 Å². The maximum absolute atomic E-state index is 4.38. The smallest absolute Gasteiger partial charge is 0.162 e. The molecule has 4 rings (SSSR count). The molecule has 6 nitrogen and oxygen atoms in total. The quantitative estimate of drug-likeness (QED) is 0.568. The van der Waals surface area contributed by atoms with Crippen molar-refractivity contribution in [2.75, 3.05) is 10.6 Å². The average molecular weight is 342 g/mol. The first-order valence-electron chi connectivity index (χ1n) is 8.35. The normalized spacial score (nSPS) is 10.7. The third-order valence-corrected chi connectivity index (χ3v) is 4.18. The van der Waals surface area contributed by atoms with Crippen LogP contribution in [0.2, 0.25) is 0 Å². The number of rotatable bonds is 4. The summed E-state index contributed by atoms with van der Waals surface area (Å²) in [4.78, 5) is 8.76. The summed E-state index contributed by atoms with van der Waals surface area (Å²) < 4.78 is 0. The zero-order valence-electron chi connectivity index (χ0n) is 14.6. The van der Waals surface area contributed by atoms with E-state index < -0.39 is 0 Å². The highest BCUT2D eigenvalue weighted by molar-refractivity contribution is 6.00. The molecule has 128 valence electrons. The molecule has 0 amide bonds. The molecule has 0 spiro atoms. The van der Waals surface area contributed by atoms with Crippen molar-refractivity contribution in [3.05, 3.63) is 72.1 Å². The lowest BCUT2D eigenvalue weighted by Gasteiger charge is -2.13. The minimum absolute atomic E-state index is 0.672. The first kappa shape index (κ1) is 16.0. The molecule has 0 fully saturated rings. The van der Waals surface area contributed by atoms with E-state index in [1.165, 1.54) is 0 Å². The minimum Gasteiger partial charge on any atom is -0.323 e. The zero-order valence-corrected chi connectivity index (χ0v) is 14.6. The maximum atomic E-state index is 4.38. The molecule has 6 heteroatoms. The molecule has 0 atom stereocenters. The van der Waals surface area contributed by atoms with Gasteiger partial charge in [-0.05, 0) is 37.1 Å². The van der Waals surface area contributed by atoms with Crippen molar-refractivity contribution >= 4 is 34.0 Å². The number of pyridine rings is 2. The molecule has 0 aliphatic carbocycles. The maximum Gasteiger partial charge on any atom is 0.162 e. The Morgan fingerprint density at radius 3 is 1.46 bits per heavy atom. The molecule has 2 N–H and O–H groups in total. The molecule has 0 aliphatic rings. The highest BCUT2D eigenvalue weighted by Gasteiger charge is 2.11. The fraction of sp³-hybridized carbons (Fsp3) is 0.100. The van der Waals surface area contributed by atoms with E-state index >= 15 is 0 Å². The number of nitrogens with zero attached hydrogens (tertiary/aromatic N) is 4. The van der Waals surface area contributed by atoms with E-state index in [1.54, 1.807) is 12.4 Å². The lowest BCUT2D eigenvalue weighted by atomic mass is 10.1. The Balaban J connectivity index is 1.76. The first-order chi connectivity index (χ1) is 12.7. The van der Waals surface area contributed by atoms with E-state index in [4.69, 9.17) is 0 Å². The van der Waals surface area contributed by atoms with Crippen molar-refractivity contribution < 1.29 is 0 Å². The van der Waals surface area contributed by atoms with Crippen LogP contribution in [0.4, 0.5) is 23.3 Å². The summed E-state index contributed by atoms with van der Waals surface area (Å²) in [5.41, 5.74) is 2.09. The Hall–Kier alpha value is -3.54. The number of benzene rings is 1. The summed E-state index contributed by atoms with van der Waals surface area (Å²) >= 11 is 0. The predicted octanol–water partition coefficient (Wildman–Crippen LogP) is 4.52. The van der Waals surface area contributed by atoms with Crippen LogP contribution < -0.4 is 10.6 Å². The first-order valence-corrected chi connectivity index (χ1v) is 8.35. The van der Waals surface area contributed by atoms with Crippen LogP contribution in [0.15, 0.2) is 60.9 Å². The summed E-state index contributed by atoms with van der Waals surface area (Å²) in [5, 5.41) is 17.3. The lowest BCUT2D eigenvalue weighted by Crippen LogP contribution is -2.04. The highest BCUT2D eigenvalue weighted by Crippen LogP contribution is 2.30. The highest BCUT2D eigenvalue weighted by atomic mass is 15.2. The Kier molecular flexibility index (Phi) is 4.15. The second kappa shape index (κ2) is 6.76. The number of hydrogen-bond donors (Lipinski definition) is 2. The minimum atomic E-state index is 0.672. The van der Waals surface area contributed by atoms with Gasteiger partial charge in [0.25, 0.3) is 0 Å². The van der Waals surface area contributed by atoms with Crippen LogP contribution >= 0.6 is 0 Å². The van der Waals surface area contributed by atoms with E-state index in [0.717, 1.165) is 33.5 Å². The Morgan fingerprint density at radius 1 is 0.577 bits per heavy atom. The van der Waals surface area contributed by atoms with Crippen LogP contribution in [-0.2, 0) is 0 Å². The number of aryl methyl sites for hydroxylation is 2. The number of fused-ring (bicyclic) bond motifs is 1. The van der Waals surface area contributed by atoms with Gasteiger partial charge in [0, 0.05) is 23.2 Å². The van der Waals surface area contributed by atoms with Crippen LogP contribution in [-0.4, -0.2) is 20.2 Å². The third kappa shape index (κ3) is 3.04. The summed E-state index contributed by atoms with van der Waals surface area (Å²) in [6.45, 7) is 4.01. The third-order valence-electron chi connectivity index (χ3n) is 4.18. The van der Waals surface area contributed by atoms with Crippen molar-refractivity contribution in [3.8, 4) is 0 Å². The number of nitrogens with one attached hydrogen (secondary N) is 2. The fourth-order valence-electron chi connectivity index (χ4n) is 2.75. The van der Waals surface area contributed by atoms with Gasteiger partial charge in [0.2, 0.25) is 0 Å². The van der Waals surface area contributed by atoms with Crippen molar-refractivity contribution in [2.45, 2.75) is 13.8 Å². The largest absolute Gasteiger partial charge is 0.323 e. The molecule has 26 heavy (non-hydrogen) atoms. The van der Waals surface area contributed by atoms with Gasteiger partial charge in [-0.2, -0.15) is 0 Å². The van der Waals surface area contributed by atoms with Gasteiger partial charge in [0.15, 0.2) is 11.6 Å². The summed E-state index contributed by atoms with van der Waals surface area (Å²) in [7, 11) is 0. The van der Waals surface area contributed by atoms with Gasteiger partial charge >= 0.3 is 0 Å². The number of aromatic nitrogens is 4. The molecule has 3 aromatic heterocycles. The van der Waals surface area contributed by atoms with Gasteiger partial charge in [-0.15, -0.1) is 10.2 Å². The van der Waals surface area contributed by atoms with Crippen molar-refractivity contribution in [2.24, 2.45) is 0 Å². The van der Waals surface area contributed by atoms with Crippen LogP contribution in [0, 0.1) is 13.8 Å². The summed E-state index contributed by atoms with van der Waals surface area (Å²) in [6.07, 6.45) is 3.51. The molecule has 4 aromatic rings. The molecule has 0 bridgehead atoms. The summed E-state index contributed by atoms with van der Waals surface area (Å²) in [6, 6.07) is 15.8. The standard InChI is InChI=1S/C20H18N6/c1-13-7-5-11-21-17(13)23-19-15-9-3-4-10-16(15)20(26-25-19)24-18-14(2)8-6-12-22-18/h3-12H,1-2H3,(H,21,23,25)(H,22,24,26). The van der Waals surface area contributed by atoms with Crippen LogP contribution in [0.3, 0.4) is 0 Å². The molecule has 0 saturated heterocycles. The second-order valence-electron chi connectivity index (χ2n) is 6.03. The lowest BCUT2D eigenvalue weighted by molar-refractivity contribution is 1.05. The van der Waals surface area contributed by atoms with E-state index in [9.17, 15) is 0 Å². The van der Waals surface area contributed by atoms with Crippen LogP contribution in [0.1, 0.15) is 11.1 Å². The van der Waals surface area contributed by atoms with Gasteiger partial charge in [-0.1, -0.05) is 36.4 Å². The molecular formula is C20H18N6. The molecule has 0 aliphatic heterocycles. The predicted molar refractivity (Wildman–Crippen MR) is 104 cm³/mol. The van der Waals surface area contributed by atoms with Gasteiger partial charge in [-0.25, -0.2) is 9.97 Å². The van der Waals surface area contributed by atoms with E-state index in [1.807, 2.05) is 62.4 Å². The SMILES string of the molecule is Cc1cccnc1Nc1nnc(Nc2ncccc2C)c2ccccc12. The van der Waals surface area contributed by atoms with Crippen molar-refractivity contribution in [3.63, 3.8) is 0 Å². The number of hydrogen-bond acceptors (Lipinski definition) is 6. The van der Waals surface area contributed by atoms with Crippen LogP contribution in [0.5, 0.6) is 0 Å². The van der Waals surface area contributed by atoms with Gasteiger partial charge in [0.1, 0.15) is 11.6 Å². The second-order valence-corrected chi connectivity index (χ2v) is 6.03. The van der Waals surface area contributed by atoms with E-state index in [0.29, 0.717) is 11.6 Å². The molecule has 0 radical (unpaired) electrons. The van der Waals surface area contributed by atoms with Gasteiger partial charge < -0.3 is 10.6 Å². The van der Waals surface area contributed by atoms with Gasteiger partial charge in [0.05, 0.1) is 0 Å². The van der Waals surface area contributed by atoms with Gasteiger partial charge in [-0.3, -0.25) is 0 Å². The van der Waals surface area contributed by atoms with Crippen LogP contribution in [0.25, 0.3) is 10.8 Å². The Morgan fingerprint density at radius 2 is 1.04 bits per heavy atom. The zero-order chi connectivity index (χ0) is 17.9. The molecule has 0 unspecified atom stereocenters. The topological polar surface area (TPSA) is 75.6 Å². The number of anilines is 4.